The summed E-state index contributed by atoms with van der Waals surface area (Å²) >= 11 is 6.42. The predicted octanol–water partition coefficient (Wildman–Crippen LogP) is 4.88. The number of aromatic nitrogens is 2. The minimum absolute atomic E-state index is 0.0918. The average molecular weight is 524 g/mol. The van der Waals surface area contributed by atoms with Gasteiger partial charge in [0.2, 0.25) is 5.88 Å². The quantitative estimate of drug-likeness (QED) is 0.590. The maximum Gasteiger partial charge on any atom is 0.410 e. The van der Waals surface area contributed by atoms with Crippen LogP contribution in [0.4, 0.5) is 16.3 Å². The molecule has 194 valence electrons. The number of carbonyl (C=O) groups excluding carboxylic acids is 1. The molecule has 2 aliphatic carbocycles. The standard InChI is InChI=1S/C27H30ClN5O4/c1-26(2,3)37-25(34)33-10-17-22(18-11-35-13-27(17,18)12-33)36-24-21(16-5-6-16)23(30-14-31-24)32-20-7-4-15(9-29)8-19(20)28/h4,7-8,14,16-18,22H,5-6,10-13H2,1-3H3,(H,30,31,32). The molecule has 1 aromatic heterocycles. The molecule has 0 bridgehead atoms. The number of nitrogens with one attached hydrogen (secondary N) is 1. The molecule has 4 fully saturated rings. The van der Waals surface area contributed by atoms with Crippen LogP contribution in [0, 0.1) is 28.6 Å². The molecule has 37 heavy (non-hydrogen) atoms. The van der Waals surface area contributed by atoms with Crippen molar-refractivity contribution in [3.8, 4) is 11.9 Å². The second kappa shape index (κ2) is 8.74. The number of halogens is 1. The monoisotopic (exact) mass is 523 g/mol. The van der Waals surface area contributed by atoms with Gasteiger partial charge in [0.25, 0.3) is 0 Å². The van der Waals surface area contributed by atoms with Crippen molar-refractivity contribution in [2.24, 2.45) is 17.3 Å². The van der Waals surface area contributed by atoms with E-state index in [1.54, 1.807) is 18.2 Å². The van der Waals surface area contributed by atoms with E-state index < -0.39 is 5.60 Å². The fourth-order valence-electron chi connectivity index (χ4n) is 6.05. The Morgan fingerprint density at radius 1 is 1.30 bits per heavy atom. The number of benzene rings is 1. The zero-order valence-electron chi connectivity index (χ0n) is 21.2. The molecule has 4 unspecified atom stereocenters. The maximum absolute atomic E-state index is 12.8. The van der Waals surface area contributed by atoms with E-state index in [9.17, 15) is 4.79 Å². The van der Waals surface area contributed by atoms with Crippen LogP contribution in [-0.4, -0.2) is 59.0 Å². The Morgan fingerprint density at radius 3 is 2.81 bits per heavy atom. The Kier molecular flexibility index (Phi) is 5.73. The zero-order chi connectivity index (χ0) is 25.9. The topological polar surface area (TPSA) is 110 Å². The SMILES string of the molecule is CC(C)(C)OC(=O)N1CC2C(Oc3ncnc(Nc4ccc(C#N)cc4Cl)c3C3CC3)C3COCC32C1. The van der Waals surface area contributed by atoms with E-state index in [0.29, 0.717) is 60.2 Å². The van der Waals surface area contributed by atoms with Crippen molar-refractivity contribution in [2.45, 2.75) is 51.2 Å². The van der Waals surface area contributed by atoms with Gasteiger partial charge in [-0.05, 0) is 57.7 Å². The van der Waals surface area contributed by atoms with Gasteiger partial charge in [-0.1, -0.05) is 11.6 Å². The largest absolute Gasteiger partial charge is 0.473 e. The lowest BCUT2D eigenvalue weighted by atomic mass is 9.54. The van der Waals surface area contributed by atoms with Gasteiger partial charge in [0.15, 0.2) is 0 Å². The van der Waals surface area contributed by atoms with Crippen molar-refractivity contribution in [3.05, 3.63) is 40.7 Å². The van der Waals surface area contributed by atoms with Crippen molar-refractivity contribution in [1.29, 1.82) is 5.26 Å². The van der Waals surface area contributed by atoms with Gasteiger partial charge >= 0.3 is 6.09 Å². The summed E-state index contributed by atoms with van der Waals surface area (Å²) in [5.41, 5.74) is 1.48. The van der Waals surface area contributed by atoms with Gasteiger partial charge in [-0.15, -0.1) is 0 Å². The van der Waals surface area contributed by atoms with E-state index in [2.05, 4.69) is 21.4 Å². The van der Waals surface area contributed by atoms with E-state index in [-0.39, 0.29) is 29.4 Å². The van der Waals surface area contributed by atoms with Gasteiger partial charge < -0.3 is 24.4 Å². The molecule has 2 aromatic rings. The summed E-state index contributed by atoms with van der Waals surface area (Å²) < 4.78 is 18.2. The van der Waals surface area contributed by atoms with Crippen LogP contribution < -0.4 is 10.1 Å². The van der Waals surface area contributed by atoms with Crippen LogP contribution in [0.1, 0.15) is 50.7 Å². The Labute approximate surface area is 221 Å². The zero-order valence-corrected chi connectivity index (χ0v) is 21.9. The third-order valence-corrected chi connectivity index (χ3v) is 8.24. The van der Waals surface area contributed by atoms with Gasteiger partial charge in [-0.3, -0.25) is 0 Å². The highest BCUT2D eigenvalue weighted by molar-refractivity contribution is 6.33. The maximum atomic E-state index is 12.8. The summed E-state index contributed by atoms with van der Waals surface area (Å²) in [5, 5.41) is 12.9. The fourth-order valence-corrected chi connectivity index (χ4v) is 6.28. The summed E-state index contributed by atoms with van der Waals surface area (Å²) in [6.45, 7) is 8.09. The molecule has 0 radical (unpaired) electrons. The number of amides is 1. The highest BCUT2D eigenvalue weighted by Gasteiger charge is 2.70. The van der Waals surface area contributed by atoms with E-state index in [1.807, 2.05) is 25.7 Å². The molecule has 1 amide bonds. The number of carbonyl (C=O) groups is 1. The second-order valence-corrected chi connectivity index (χ2v) is 12.0. The molecular weight excluding hydrogens is 494 g/mol. The van der Waals surface area contributed by atoms with E-state index in [1.165, 1.54) is 6.33 Å². The number of rotatable bonds is 5. The van der Waals surface area contributed by atoms with Gasteiger partial charge in [0.1, 0.15) is 23.9 Å². The van der Waals surface area contributed by atoms with E-state index in [0.717, 1.165) is 18.4 Å². The summed E-state index contributed by atoms with van der Waals surface area (Å²) in [6.07, 6.45) is 3.19. The Balaban J connectivity index is 1.24. The highest BCUT2D eigenvalue weighted by atomic mass is 35.5. The van der Waals surface area contributed by atoms with Crippen molar-refractivity contribution in [2.75, 3.05) is 31.6 Å². The molecule has 2 saturated heterocycles. The molecule has 9 nitrogen and oxygen atoms in total. The first-order valence-electron chi connectivity index (χ1n) is 12.7. The molecule has 10 heteroatoms. The van der Waals surface area contributed by atoms with Crippen LogP contribution in [0.3, 0.4) is 0 Å². The smallest absolute Gasteiger partial charge is 0.410 e. The van der Waals surface area contributed by atoms with Crippen LogP contribution in [0.5, 0.6) is 5.88 Å². The molecular formula is C27H30ClN5O4. The van der Waals surface area contributed by atoms with Crippen LogP contribution in [0.15, 0.2) is 24.5 Å². The molecule has 4 atom stereocenters. The van der Waals surface area contributed by atoms with Crippen molar-refractivity contribution in [1.82, 2.24) is 14.9 Å². The molecule has 6 rings (SSSR count). The predicted molar refractivity (Wildman–Crippen MR) is 136 cm³/mol. The summed E-state index contributed by atoms with van der Waals surface area (Å²) in [4.78, 5) is 23.7. The third kappa shape index (κ3) is 4.26. The molecule has 2 saturated carbocycles. The number of nitriles is 1. The Morgan fingerprint density at radius 2 is 2.11 bits per heavy atom. The number of hydrogen-bond acceptors (Lipinski definition) is 8. The molecule has 1 aromatic carbocycles. The number of hydrogen-bond donors (Lipinski definition) is 1. The lowest BCUT2D eigenvalue weighted by Gasteiger charge is -2.51. The minimum atomic E-state index is -0.542. The summed E-state index contributed by atoms with van der Waals surface area (Å²) in [7, 11) is 0. The number of likely N-dealkylation sites (tertiary alicyclic amines) is 1. The first-order chi connectivity index (χ1) is 17.7. The van der Waals surface area contributed by atoms with Gasteiger partial charge in [0, 0.05) is 30.3 Å². The van der Waals surface area contributed by atoms with Gasteiger partial charge in [-0.2, -0.15) is 5.26 Å². The fraction of sp³-hybridized carbons (Fsp3) is 0.556. The highest BCUT2D eigenvalue weighted by Crippen LogP contribution is 2.61. The first kappa shape index (κ1) is 24.3. The van der Waals surface area contributed by atoms with Crippen molar-refractivity contribution < 1.29 is 19.0 Å². The Hall–Kier alpha value is -3.09. The van der Waals surface area contributed by atoms with Crippen LogP contribution >= 0.6 is 11.6 Å². The molecule has 1 spiro atoms. The van der Waals surface area contributed by atoms with Crippen LogP contribution in [-0.2, 0) is 9.47 Å². The second-order valence-electron chi connectivity index (χ2n) is 11.6. The molecule has 1 N–H and O–H groups in total. The van der Waals surface area contributed by atoms with Gasteiger partial charge in [0.05, 0.1) is 41.1 Å². The van der Waals surface area contributed by atoms with Crippen molar-refractivity contribution in [3.63, 3.8) is 0 Å². The van der Waals surface area contributed by atoms with E-state index >= 15 is 0 Å². The van der Waals surface area contributed by atoms with Crippen LogP contribution in [0.25, 0.3) is 0 Å². The minimum Gasteiger partial charge on any atom is -0.473 e. The summed E-state index contributed by atoms with van der Waals surface area (Å²) in [6, 6.07) is 7.22. The summed E-state index contributed by atoms with van der Waals surface area (Å²) in [5.74, 6) is 1.89. The lowest BCUT2D eigenvalue weighted by Crippen LogP contribution is -2.61. The molecule has 4 aliphatic rings. The third-order valence-electron chi connectivity index (χ3n) is 7.92. The van der Waals surface area contributed by atoms with Gasteiger partial charge in [-0.25, -0.2) is 14.8 Å². The van der Waals surface area contributed by atoms with E-state index in [4.69, 9.17) is 31.1 Å². The Bertz CT molecular complexity index is 1290. The number of anilines is 2. The molecule has 2 aliphatic heterocycles. The normalized spacial score (nSPS) is 28.1. The molecule has 3 heterocycles. The van der Waals surface area contributed by atoms with Crippen molar-refractivity contribution >= 4 is 29.2 Å². The number of nitrogens with zero attached hydrogens (tertiary/aromatic N) is 4. The van der Waals surface area contributed by atoms with Crippen LogP contribution in [0.2, 0.25) is 5.02 Å². The first-order valence-corrected chi connectivity index (χ1v) is 13.1. The number of ether oxygens (including phenoxy) is 3. The lowest BCUT2D eigenvalue weighted by molar-refractivity contribution is -0.102. The average Bonchev–Trinajstić information content (AvgIpc) is 3.54.